The Morgan fingerprint density at radius 1 is 1.26 bits per heavy atom. The number of anilines is 1. The second kappa shape index (κ2) is 7.17. The van der Waals surface area contributed by atoms with Crippen LogP contribution < -0.4 is 5.73 Å². The topological polar surface area (TPSA) is 46.3 Å². The Labute approximate surface area is 116 Å². The highest BCUT2D eigenvalue weighted by molar-refractivity contribution is 5.99. The molecule has 0 atom stereocenters. The Morgan fingerprint density at radius 3 is 2.42 bits per heavy atom. The molecule has 0 saturated carbocycles. The number of benzene rings is 1. The minimum Gasteiger partial charge on any atom is -0.398 e. The molecule has 3 heteroatoms. The van der Waals surface area contributed by atoms with Crippen LogP contribution in [0.4, 0.5) is 5.69 Å². The lowest BCUT2D eigenvalue weighted by atomic mass is 10.0. The Kier molecular flexibility index (Phi) is 5.87. The van der Waals surface area contributed by atoms with Crippen molar-refractivity contribution >= 4 is 11.6 Å². The van der Waals surface area contributed by atoms with Crippen molar-refractivity contribution in [3.63, 3.8) is 0 Å². The zero-order valence-corrected chi connectivity index (χ0v) is 12.6. The quantitative estimate of drug-likeness (QED) is 0.798. The lowest BCUT2D eigenvalue weighted by Gasteiger charge is -2.26. The molecule has 0 saturated heterocycles. The SMILES string of the molecule is CCC(CC)CN(CC)C(=O)c1cccc(C)c1N. The molecule has 1 rings (SSSR count). The maximum atomic E-state index is 12.6. The fourth-order valence-electron chi connectivity index (χ4n) is 2.25. The van der Waals surface area contributed by atoms with Crippen molar-refractivity contribution in [2.75, 3.05) is 18.8 Å². The number of carbonyl (C=O) groups is 1. The van der Waals surface area contributed by atoms with Gasteiger partial charge >= 0.3 is 0 Å². The second-order valence-corrected chi connectivity index (χ2v) is 5.06. The largest absolute Gasteiger partial charge is 0.398 e. The molecule has 19 heavy (non-hydrogen) atoms. The van der Waals surface area contributed by atoms with Gasteiger partial charge in [0.25, 0.3) is 5.91 Å². The van der Waals surface area contributed by atoms with Crippen molar-refractivity contribution in [1.29, 1.82) is 0 Å². The van der Waals surface area contributed by atoms with E-state index >= 15 is 0 Å². The molecule has 2 N–H and O–H groups in total. The van der Waals surface area contributed by atoms with Crippen LogP contribution in [0.3, 0.4) is 0 Å². The second-order valence-electron chi connectivity index (χ2n) is 5.06. The third kappa shape index (κ3) is 3.72. The summed E-state index contributed by atoms with van der Waals surface area (Å²) in [6.45, 7) is 9.84. The molecule has 3 nitrogen and oxygen atoms in total. The van der Waals surface area contributed by atoms with Gasteiger partial charge in [-0.1, -0.05) is 38.8 Å². The van der Waals surface area contributed by atoms with Crippen LogP contribution in [-0.4, -0.2) is 23.9 Å². The predicted octanol–water partition coefficient (Wildman–Crippen LogP) is 3.48. The summed E-state index contributed by atoms with van der Waals surface area (Å²) in [5, 5.41) is 0. The highest BCUT2D eigenvalue weighted by Gasteiger charge is 2.19. The first kappa shape index (κ1) is 15.5. The molecular weight excluding hydrogens is 236 g/mol. The van der Waals surface area contributed by atoms with Gasteiger partial charge in [-0.2, -0.15) is 0 Å². The van der Waals surface area contributed by atoms with Crippen molar-refractivity contribution in [3.05, 3.63) is 29.3 Å². The van der Waals surface area contributed by atoms with Gasteiger partial charge in [0.2, 0.25) is 0 Å². The smallest absolute Gasteiger partial charge is 0.255 e. The van der Waals surface area contributed by atoms with Crippen molar-refractivity contribution < 1.29 is 4.79 Å². The molecule has 0 unspecified atom stereocenters. The average molecular weight is 262 g/mol. The Bertz CT molecular complexity index is 425. The van der Waals surface area contributed by atoms with E-state index in [1.807, 2.05) is 36.9 Å². The van der Waals surface area contributed by atoms with Crippen LogP contribution in [0.15, 0.2) is 18.2 Å². The van der Waals surface area contributed by atoms with Crippen LogP contribution in [0.5, 0.6) is 0 Å². The molecule has 0 heterocycles. The number of hydrogen-bond acceptors (Lipinski definition) is 2. The van der Waals surface area contributed by atoms with E-state index in [-0.39, 0.29) is 5.91 Å². The van der Waals surface area contributed by atoms with Crippen LogP contribution in [0.1, 0.15) is 49.5 Å². The highest BCUT2D eigenvalue weighted by atomic mass is 16.2. The van der Waals surface area contributed by atoms with Crippen LogP contribution in [0, 0.1) is 12.8 Å². The highest BCUT2D eigenvalue weighted by Crippen LogP contribution is 2.20. The molecule has 0 fully saturated rings. The zero-order chi connectivity index (χ0) is 14.4. The third-order valence-corrected chi connectivity index (χ3v) is 3.86. The van der Waals surface area contributed by atoms with E-state index in [0.717, 1.165) is 31.5 Å². The van der Waals surface area contributed by atoms with Gasteiger partial charge in [0.1, 0.15) is 0 Å². The van der Waals surface area contributed by atoms with Gasteiger partial charge in [0, 0.05) is 18.8 Å². The van der Waals surface area contributed by atoms with E-state index in [4.69, 9.17) is 5.73 Å². The molecule has 0 bridgehead atoms. The van der Waals surface area contributed by atoms with Crippen molar-refractivity contribution in [1.82, 2.24) is 4.90 Å². The maximum absolute atomic E-state index is 12.6. The number of aryl methyl sites for hydroxylation is 1. The summed E-state index contributed by atoms with van der Waals surface area (Å²) in [6, 6.07) is 5.65. The first-order valence-corrected chi connectivity index (χ1v) is 7.19. The summed E-state index contributed by atoms with van der Waals surface area (Å²) in [4.78, 5) is 14.5. The lowest BCUT2D eigenvalue weighted by molar-refractivity contribution is 0.0736. The number of nitrogens with two attached hydrogens (primary N) is 1. The van der Waals surface area contributed by atoms with Gasteiger partial charge in [0.15, 0.2) is 0 Å². The first-order valence-electron chi connectivity index (χ1n) is 7.19. The third-order valence-electron chi connectivity index (χ3n) is 3.86. The summed E-state index contributed by atoms with van der Waals surface area (Å²) < 4.78 is 0. The monoisotopic (exact) mass is 262 g/mol. The zero-order valence-electron chi connectivity index (χ0n) is 12.6. The molecule has 0 aliphatic carbocycles. The van der Waals surface area contributed by atoms with Crippen LogP contribution in [0.25, 0.3) is 0 Å². The van der Waals surface area contributed by atoms with Gasteiger partial charge in [-0.25, -0.2) is 0 Å². The fraction of sp³-hybridized carbons (Fsp3) is 0.562. The first-order chi connectivity index (χ1) is 9.04. The summed E-state index contributed by atoms with van der Waals surface area (Å²) in [6.07, 6.45) is 2.20. The number of amides is 1. The van der Waals surface area contributed by atoms with E-state index in [1.165, 1.54) is 0 Å². The molecule has 1 amide bonds. The van der Waals surface area contributed by atoms with Gasteiger partial charge in [0.05, 0.1) is 5.56 Å². The van der Waals surface area contributed by atoms with E-state index in [2.05, 4.69) is 13.8 Å². The van der Waals surface area contributed by atoms with Crippen molar-refractivity contribution in [2.45, 2.75) is 40.5 Å². The minimum absolute atomic E-state index is 0.0515. The number of nitrogens with zero attached hydrogens (tertiary/aromatic N) is 1. The number of rotatable bonds is 6. The van der Waals surface area contributed by atoms with E-state index < -0.39 is 0 Å². The van der Waals surface area contributed by atoms with Crippen molar-refractivity contribution in [2.24, 2.45) is 5.92 Å². The van der Waals surface area contributed by atoms with E-state index in [9.17, 15) is 4.79 Å². The molecular formula is C16H26N2O. The summed E-state index contributed by atoms with van der Waals surface area (Å²) in [7, 11) is 0. The standard InChI is InChI=1S/C16H26N2O/c1-5-13(6-2)11-18(7-3)16(19)14-10-8-9-12(4)15(14)17/h8-10,13H,5-7,11,17H2,1-4H3. The molecule has 0 aromatic heterocycles. The number of para-hydroxylation sites is 1. The average Bonchev–Trinajstić information content (AvgIpc) is 2.43. The number of carbonyl (C=O) groups excluding carboxylic acids is 1. The summed E-state index contributed by atoms with van der Waals surface area (Å²) >= 11 is 0. The molecule has 106 valence electrons. The van der Waals surface area contributed by atoms with E-state index in [0.29, 0.717) is 17.2 Å². The Morgan fingerprint density at radius 2 is 1.89 bits per heavy atom. The number of hydrogen-bond donors (Lipinski definition) is 1. The van der Waals surface area contributed by atoms with Gasteiger partial charge in [-0.05, 0) is 31.4 Å². The van der Waals surface area contributed by atoms with Crippen molar-refractivity contribution in [3.8, 4) is 0 Å². The number of nitrogen functional groups attached to an aromatic ring is 1. The normalized spacial score (nSPS) is 10.8. The molecule has 0 radical (unpaired) electrons. The van der Waals surface area contributed by atoms with Crippen LogP contribution in [-0.2, 0) is 0 Å². The lowest BCUT2D eigenvalue weighted by Crippen LogP contribution is -2.35. The molecule has 0 spiro atoms. The van der Waals surface area contributed by atoms with Gasteiger partial charge in [-0.3, -0.25) is 4.79 Å². The summed E-state index contributed by atoms with van der Waals surface area (Å²) in [5.74, 6) is 0.616. The predicted molar refractivity (Wildman–Crippen MR) is 81.2 cm³/mol. The van der Waals surface area contributed by atoms with Gasteiger partial charge in [-0.15, -0.1) is 0 Å². The molecule has 0 aliphatic rings. The molecule has 1 aromatic carbocycles. The maximum Gasteiger partial charge on any atom is 0.255 e. The van der Waals surface area contributed by atoms with Gasteiger partial charge < -0.3 is 10.6 Å². The molecule has 1 aromatic rings. The minimum atomic E-state index is 0.0515. The van der Waals surface area contributed by atoms with E-state index in [1.54, 1.807) is 0 Å². The molecule has 0 aliphatic heterocycles. The Hall–Kier alpha value is -1.51. The van der Waals surface area contributed by atoms with Crippen LogP contribution >= 0.6 is 0 Å². The van der Waals surface area contributed by atoms with Crippen LogP contribution in [0.2, 0.25) is 0 Å². The Balaban J connectivity index is 2.92. The fourth-order valence-corrected chi connectivity index (χ4v) is 2.25. The summed E-state index contributed by atoms with van der Waals surface area (Å²) in [5.41, 5.74) is 8.23.